The lowest BCUT2D eigenvalue weighted by Crippen LogP contribution is -2.32. The van der Waals surface area contributed by atoms with E-state index in [0.717, 1.165) is 19.5 Å². The summed E-state index contributed by atoms with van der Waals surface area (Å²) in [5.74, 6) is 0. The number of hydrogen-bond acceptors (Lipinski definition) is 5. The van der Waals surface area contributed by atoms with E-state index in [1.807, 2.05) is 4.68 Å². The topological polar surface area (TPSA) is 46.8 Å². The Hall–Kier alpha value is -1.27. The van der Waals surface area contributed by atoms with Crippen LogP contribution in [0.5, 0.6) is 0 Å². The molecule has 0 saturated carbocycles. The van der Waals surface area contributed by atoms with Crippen LogP contribution in [0.15, 0.2) is 18.0 Å². The molecule has 5 nitrogen and oxygen atoms in total. The second-order valence-electron chi connectivity index (χ2n) is 5.37. The molecule has 0 aromatic carbocycles. The monoisotopic (exact) mass is 291 g/mol. The summed E-state index contributed by atoms with van der Waals surface area (Å²) in [4.78, 5) is 11.3. The third-order valence-electron chi connectivity index (χ3n) is 3.79. The number of rotatable bonds is 6. The largest absolute Gasteiger partial charge is 0.293 e. The second-order valence-corrected chi connectivity index (χ2v) is 6.31. The maximum absolute atomic E-state index is 4.74. The molecule has 108 valence electrons. The molecule has 2 aromatic rings. The van der Waals surface area contributed by atoms with Crippen molar-refractivity contribution in [2.75, 3.05) is 6.54 Å². The van der Waals surface area contributed by atoms with Crippen LogP contribution in [-0.2, 0) is 19.5 Å². The van der Waals surface area contributed by atoms with Crippen molar-refractivity contribution < 1.29 is 0 Å². The van der Waals surface area contributed by atoms with Crippen molar-refractivity contribution in [2.24, 2.45) is 0 Å². The van der Waals surface area contributed by atoms with Crippen molar-refractivity contribution >= 4 is 11.3 Å². The molecule has 0 bridgehead atoms. The molecule has 6 heteroatoms. The highest BCUT2D eigenvalue weighted by Crippen LogP contribution is 2.22. The van der Waals surface area contributed by atoms with Gasteiger partial charge in [-0.05, 0) is 32.2 Å². The van der Waals surface area contributed by atoms with Crippen LogP contribution in [0.4, 0.5) is 0 Å². The number of thiazole rings is 1. The van der Waals surface area contributed by atoms with Crippen LogP contribution in [-0.4, -0.2) is 37.2 Å². The van der Waals surface area contributed by atoms with E-state index in [2.05, 4.69) is 27.3 Å². The van der Waals surface area contributed by atoms with Crippen LogP contribution < -0.4 is 0 Å². The van der Waals surface area contributed by atoms with Crippen LogP contribution in [0.2, 0.25) is 0 Å². The summed E-state index contributed by atoms with van der Waals surface area (Å²) in [5, 5.41) is 7.71. The molecule has 20 heavy (non-hydrogen) atoms. The minimum Gasteiger partial charge on any atom is -0.293 e. The lowest BCUT2D eigenvalue weighted by Gasteiger charge is -2.23. The van der Waals surface area contributed by atoms with Gasteiger partial charge in [0.25, 0.3) is 0 Å². The van der Waals surface area contributed by atoms with E-state index in [0.29, 0.717) is 6.04 Å². The third kappa shape index (κ3) is 3.24. The summed E-state index contributed by atoms with van der Waals surface area (Å²) in [6.07, 6.45) is 8.20. The quantitative estimate of drug-likeness (QED) is 0.819. The average Bonchev–Trinajstić information content (AvgIpc) is 3.15. The van der Waals surface area contributed by atoms with Crippen molar-refractivity contribution in [3.8, 4) is 0 Å². The fourth-order valence-corrected chi connectivity index (χ4v) is 3.70. The Morgan fingerprint density at radius 3 is 3.20 bits per heavy atom. The summed E-state index contributed by atoms with van der Waals surface area (Å²) in [5.41, 5.74) is 1.23. The number of likely N-dealkylation sites (tertiary alicyclic amines) is 1. The lowest BCUT2D eigenvalue weighted by atomic mass is 10.2. The van der Waals surface area contributed by atoms with E-state index in [4.69, 9.17) is 4.98 Å². The van der Waals surface area contributed by atoms with Gasteiger partial charge in [-0.3, -0.25) is 9.58 Å². The zero-order chi connectivity index (χ0) is 13.8. The van der Waals surface area contributed by atoms with Gasteiger partial charge in [0.2, 0.25) is 0 Å². The van der Waals surface area contributed by atoms with E-state index in [1.165, 1.54) is 36.5 Å². The summed E-state index contributed by atoms with van der Waals surface area (Å²) in [7, 11) is 0. The number of aryl methyl sites for hydroxylation is 1. The third-order valence-corrected chi connectivity index (χ3v) is 4.75. The van der Waals surface area contributed by atoms with Gasteiger partial charge in [0.05, 0.1) is 17.2 Å². The molecule has 0 amide bonds. The van der Waals surface area contributed by atoms with Crippen LogP contribution in [0.1, 0.15) is 36.9 Å². The minimum absolute atomic E-state index is 0.563. The molecule has 0 radical (unpaired) electrons. The predicted molar refractivity (Wildman–Crippen MR) is 79.6 cm³/mol. The summed E-state index contributed by atoms with van der Waals surface area (Å²) in [6.45, 7) is 5.28. The van der Waals surface area contributed by atoms with Gasteiger partial charge in [0.1, 0.15) is 12.7 Å². The standard InChI is InChI=1S/C14H21N5S/c1-2-4-14-17-12(9-20-14)7-18-6-3-5-13(18)8-19-11-15-10-16-19/h9-11,13H,2-8H2,1H3. The normalized spacial score (nSPS) is 19.8. The first-order valence-corrected chi connectivity index (χ1v) is 8.23. The molecule has 3 heterocycles. The molecule has 1 unspecified atom stereocenters. The molecule has 2 aromatic heterocycles. The zero-order valence-electron chi connectivity index (χ0n) is 11.9. The molecule has 0 aliphatic carbocycles. The SMILES string of the molecule is CCCc1nc(CN2CCCC2Cn2cncn2)cs1. The Labute approximate surface area is 123 Å². The fourth-order valence-electron chi connectivity index (χ4n) is 2.81. The van der Waals surface area contributed by atoms with Crippen molar-refractivity contribution in [3.05, 3.63) is 28.7 Å². The molecular weight excluding hydrogens is 270 g/mol. The van der Waals surface area contributed by atoms with Crippen molar-refractivity contribution in [1.82, 2.24) is 24.6 Å². The smallest absolute Gasteiger partial charge is 0.137 e. The fraction of sp³-hybridized carbons (Fsp3) is 0.643. The van der Waals surface area contributed by atoms with Crippen molar-refractivity contribution in [3.63, 3.8) is 0 Å². The number of nitrogens with zero attached hydrogens (tertiary/aromatic N) is 5. The second kappa shape index (κ2) is 6.45. The molecule has 1 saturated heterocycles. The van der Waals surface area contributed by atoms with Gasteiger partial charge in [0, 0.05) is 18.0 Å². The summed E-state index contributed by atoms with van der Waals surface area (Å²) in [6, 6.07) is 0.563. The van der Waals surface area contributed by atoms with E-state index in [1.54, 1.807) is 24.0 Å². The Bertz CT molecular complexity index is 521. The zero-order valence-corrected chi connectivity index (χ0v) is 12.7. The van der Waals surface area contributed by atoms with Crippen molar-refractivity contribution in [2.45, 2.75) is 51.7 Å². The highest BCUT2D eigenvalue weighted by Gasteiger charge is 2.25. The first kappa shape index (κ1) is 13.7. The average molecular weight is 291 g/mol. The van der Waals surface area contributed by atoms with E-state index >= 15 is 0 Å². The van der Waals surface area contributed by atoms with E-state index < -0.39 is 0 Å². The summed E-state index contributed by atoms with van der Waals surface area (Å²) >= 11 is 1.80. The molecular formula is C14H21N5S. The van der Waals surface area contributed by atoms with Crippen LogP contribution in [0.25, 0.3) is 0 Å². The van der Waals surface area contributed by atoms with Crippen molar-refractivity contribution in [1.29, 1.82) is 0 Å². The molecule has 0 spiro atoms. The van der Waals surface area contributed by atoms with Gasteiger partial charge in [-0.1, -0.05) is 6.92 Å². The van der Waals surface area contributed by atoms with Gasteiger partial charge < -0.3 is 0 Å². The number of hydrogen-bond donors (Lipinski definition) is 0. The highest BCUT2D eigenvalue weighted by molar-refractivity contribution is 7.09. The lowest BCUT2D eigenvalue weighted by molar-refractivity contribution is 0.217. The van der Waals surface area contributed by atoms with Crippen LogP contribution in [0, 0.1) is 0 Å². The molecule has 1 aliphatic heterocycles. The van der Waals surface area contributed by atoms with Gasteiger partial charge in [-0.25, -0.2) is 9.97 Å². The molecule has 1 aliphatic rings. The van der Waals surface area contributed by atoms with Gasteiger partial charge >= 0.3 is 0 Å². The first-order valence-electron chi connectivity index (χ1n) is 7.35. The molecule has 0 N–H and O–H groups in total. The predicted octanol–water partition coefficient (Wildman–Crippen LogP) is 2.35. The Morgan fingerprint density at radius 2 is 2.40 bits per heavy atom. The molecule has 3 rings (SSSR count). The van der Waals surface area contributed by atoms with Gasteiger partial charge in [-0.15, -0.1) is 11.3 Å². The van der Waals surface area contributed by atoms with Gasteiger partial charge in [0.15, 0.2) is 0 Å². The van der Waals surface area contributed by atoms with Gasteiger partial charge in [-0.2, -0.15) is 5.10 Å². The van der Waals surface area contributed by atoms with E-state index in [-0.39, 0.29) is 0 Å². The maximum atomic E-state index is 4.74. The molecule has 1 atom stereocenters. The number of aromatic nitrogens is 4. The minimum atomic E-state index is 0.563. The highest BCUT2D eigenvalue weighted by atomic mass is 32.1. The van der Waals surface area contributed by atoms with Crippen LogP contribution in [0.3, 0.4) is 0 Å². The Morgan fingerprint density at radius 1 is 1.45 bits per heavy atom. The first-order chi connectivity index (χ1) is 9.85. The Balaban J connectivity index is 1.60. The maximum Gasteiger partial charge on any atom is 0.137 e. The summed E-state index contributed by atoms with van der Waals surface area (Å²) < 4.78 is 1.94. The molecule has 1 fully saturated rings. The van der Waals surface area contributed by atoms with Crippen LogP contribution >= 0.6 is 11.3 Å². The van der Waals surface area contributed by atoms with E-state index in [9.17, 15) is 0 Å². The Kier molecular flexibility index (Phi) is 4.42.